The lowest BCUT2D eigenvalue weighted by atomic mass is 10.0. The van der Waals surface area contributed by atoms with Gasteiger partial charge in [-0.1, -0.05) is 18.2 Å². The number of piperidine rings is 1. The summed E-state index contributed by atoms with van der Waals surface area (Å²) in [4.78, 5) is 39.3. The minimum atomic E-state index is -0.743. The van der Waals surface area contributed by atoms with Crippen molar-refractivity contribution in [2.24, 2.45) is 0 Å². The van der Waals surface area contributed by atoms with Crippen molar-refractivity contribution in [3.05, 3.63) is 48.0 Å². The molecule has 1 heterocycles. The zero-order chi connectivity index (χ0) is 26.1. The van der Waals surface area contributed by atoms with E-state index in [1.165, 1.54) is 6.92 Å². The van der Waals surface area contributed by atoms with E-state index < -0.39 is 6.04 Å². The third-order valence-electron chi connectivity index (χ3n) is 6.06. The van der Waals surface area contributed by atoms with Crippen LogP contribution in [0, 0.1) is 0 Å². The number of para-hydroxylation sites is 2. The highest BCUT2D eigenvalue weighted by Crippen LogP contribution is 2.28. The van der Waals surface area contributed by atoms with Crippen molar-refractivity contribution in [1.82, 2.24) is 15.5 Å². The molecule has 194 valence electrons. The van der Waals surface area contributed by atoms with Gasteiger partial charge in [0.2, 0.25) is 11.8 Å². The molecular weight excluding hydrogens is 464 g/mol. The first kappa shape index (κ1) is 26.7. The first-order valence-corrected chi connectivity index (χ1v) is 11.8. The predicted molar refractivity (Wildman–Crippen MR) is 136 cm³/mol. The molecule has 0 radical (unpaired) electrons. The third kappa shape index (κ3) is 7.03. The first-order chi connectivity index (χ1) is 17.3. The van der Waals surface area contributed by atoms with E-state index in [1.54, 1.807) is 50.5 Å². The maximum atomic E-state index is 13.1. The molecule has 2 aromatic carbocycles. The molecule has 0 bridgehead atoms. The molecule has 0 aliphatic carbocycles. The van der Waals surface area contributed by atoms with Crippen LogP contribution in [0.15, 0.2) is 42.5 Å². The maximum absolute atomic E-state index is 13.1. The van der Waals surface area contributed by atoms with Gasteiger partial charge in [0.05, 0.1) is 27.0 Å². The third-order valence-corrected chi connectivity index (χ3v) is 6.06. The smallest absolute Gasteiger partial charge is 0.321 e. The fourth-order valence-corrected chi connectivity index (χ4v) is 4.17. The molecule has 4 amide bonds. The SMILES string of the molecule is COc1ccccc1NC(=O)N1CCC(NC(=O)C(Cc2ccc(OC)c(OC)c2)NC(C)=O)CC1. The number of ether oxygens (including phenoxy) is 3. The number of carbonyl (C=O) groups excluding carboxylic acids is 3. The van der Waals surface area contributed by atoms with Gasteiger partial charge >= 0.3 is 6.03 Å². The summed E-state index contributed by atoms with van der Waals surface area (Å²) in [5.41, 5.74) is 1.43. The number of carbonyl (C=O) groups is 3. The monoisotopic (exact) mass is 498 g/mol. The Morgan fingerprint density at radius 2 is 1.61 bits per heavy atom. The molecule has 1 aliphatic heterocycles. The van der Waals surface area contributed by atoms with Gasteiger partial charge in [0.25, 0.3) is 0 Å². The summed E-state index contributed by atoms with van der Waals surface area (Å²) >= 11 is 0. The van der Waals surface area contributed by atoms with Crippen LogP contribution in [-0.4, -0.2) is 69.2 Å². The molecule has 2 aromatic rings. The Morgan fingerprint density at radius 3 is 2.25 bits per heavy atom. The van der Waals surface area contributed by atoms with Crippen molar-refractivity contribution in [2.75, 3.05) is 39.7 Å². The Labute approximate surface area is 211 Å². The van der Waals surface area contributed by atoms with Crippen LogP contribution in [0.5, 0.6) is 17.2 Å². The Hall–Kier alpha value is -3.95. The molecular formula is C26H34N4O6. The van der Waals surface area contributed by atoms with Crippen LogP contribution in [0.2, 0.25) is 0 Å². The molecule has 3 N–H and O–H groups in total. The zero-order valence-corrected chi connectivity index (χ0v) is 21.1. The Bertz CT molecular complexity index is 1070. The number of benzene rings is 2. The topological polar surface area (TPSA) is 118 Å². The highest BCUT2D eigenvalue weighted by atomic mass is 16.5. The molecule has 1 saturated heterocycles. The van der Waals surface area contributed by atoms with Crippen molar-refractivity contribution >= 4 is 23.5 Å². The highest BCUT2D eigenvalue weighted by molar-refractivity contribution is 5.91. The van der Waals surface area contributed by atoms with Gasteiger partial charge in [-0.05, 0) is 42.7 Å². The second-order valence-electron chi connectivity index (χ2n) is 8.55. The van der Waals surface area contributed by atoms with Crippen molar-refractivity contribution in [1.29, 1.82) is 0 Å². The quantitative estimate of drug-likeness (QED) is 0.489. The number of hydrogen-bond donors (Lipinski definition) is 3. The average Bonchev–Trinajstić information content (AvgIpc) is 2.88. The van der Waals surface area contributed by atoms with Gasteiger partial charge < -0.3 is 35.1 Å². The lowest BCUT2D eigenvalue weighted by Crippen LogP contribution is -2.53. The summed E-state index contributed by atoms with van der Waals surface area (Å²) in [6.45, 7) is 2.37. The second kappa shape index (κ2) is 12.7. The van der Waals surface area contributed by atoms with Crippen molar-refractivity contribution < 1.29 is 28.6 Å². The van der Waals surface area contributed by atoms with E-state index in [9.17, 15) is 14.4 Å². The van der Waals surface area contributed by atoms with Crippen molar-refractivity contribution in [3.63, 3.8) is 0 Å². The average molecular weight is 499 g/mol. The number of anilines is 1. The van der Waals surface area contributed by atoms with Crippen LogP contribution >= 0.6 is 0 Å². The van der Waals surface area contributed by atoms with E-state index in [0.29, 0.717) is 55.3 Å². The van der Waals surface area contributed by atoms with Crippen LogP contribution in [0.3, 0.4) is 0 Å². The van der Waals surface area contributed by atoms with E-state index in [2.05, 4.69) is 16.0 Å². The molecule has 3 rings (SSSR count). The van der Waals surface area contributed by atoms with Crippen LogP contribution in [0.25, 0.3) is 0 Å². The normalized spacial score (nSPS) is 14.4. The van der Waals surface area contributed by atoms with Gasteiger partial charge in [0.1, 0.15) is 11.8 Å². The van der Waals surface area contributed by atoms with Crippen LogP contribution in [-0.2, 0) is 16.0 Å². The number of rotatable bonds is 9. The van der Waals surface area contributed by atoms with Gasteiger partial charge in [-0.25, -0.2) is 4.79 Å². The molecule has 10 heteroatoms. The molecule has 10 nitrogen and oxygen atoms in total. The summed E-state index contributed by atoms with van der Waals surface area (Å²) in [6.07, 6.45) is 1.51. The number of methoxy groups -OCH3 is 3. The van der Waals surface area contributed by atoms with Gasteiger partial charge in [-0.2, -0.15) is 0 Å². The van der Waals surface area contributed by atoms with Gasteiger partial charge in [0, 0.05) is 32.5 Å². The van der Waals surface area contributed by atoms with E-state index >= 15 is 0 Å². The molecule has 1 fully saturated rings. The van der Waals surface area contributed by atoms with Gasteiger partial charge in [-0.15, -0.1) is 0 Å². The minimum Gasteiger partial charge on any atom is -0.495 e. The molecule has 0 spiro atoms. The predicted octanol–water partition coefficient (Wildman–Crippen LogP) is 2.57. The Kier molecular flexibility index (Phi) is 9.38. The first-order valence-electron chi connectivity index (χ1n) is 11.8. The lowest BCUT2D eigenvalue weighted by molar-refractivity contribution is -0.128. The molecule has 1 atom stereocenters. The van der Waals surface area contributed by atoms with Gasteiger partial charge in [-0.3, -0.25) is 9.59 Å². The van der Waals surface area contributed by atoms with Crippen LogP contribution in [0.1, 0.15) is 25.3 Å². The molecule has 1 aliphatic rings. The molecule has 0 saturated carbocycles. The maximum Gasteiger partial charge on any atom is 0.321 e. The van der Waals surface area contributed by atoms with Crippen LogP contribution < -0.4 is 30.2 Å². The van der Waals surface area contributed by atoms with Crippen LogP contribution in [0.4, 0.5) is 10.5 Å². The summed E-state index contributed by atoms with van der Waals surface area (Å²) in [5, 5.41) is 8.65. The number of likely N-dealkylation sites (tertiary alicyclic amines) is 1. The van der Waals surface area contributed by atoms with Crippen molar-refractivity contribution in [2.45, 2.75) is 38.3 Å². The Morgan fingerprint density at radius 1 is 0.944 bits per heavy atom. The summed E-state index contributed by atoms with van der Waals surface area (Å²) < 4.78 is 15.9. The Balaban J connectivity index is 1.56. The van der Waals surface area contributed by atoms with E-state index in [-0.39, 0.29) is 23.9 Å². The molecule has 1 unspecified atom stereocenters. The number of urea groups is 1. The lowest BCUT2D eigenvalue weighted by Gasteiger charge is -2.33. The van der Waals surface area contributed by atoms with E-state index in [4.69, 9.17) is 14.2 Å². The van der Waals surface area contributed by atoms with Crippen molar-refractivity contribution in [3.8, 4) is 17.2 Å². The molecule has 0 aromatic heterocycles. The number of nitrogens with zero attached hydrogens (tertiary/aromatic N) is 1. The summed E-state index contributed by atoms with van der Waals surface area (Å²) in [6, 6.07) is 11.6. The van der Waals surface area contributed by atoms with E-state index in [1.807, 2.05) is 18.2 Å². The largest absolute Gasteiger partial charge is 0.495 e. The summed E-state index contributed by atoms with van der Waals surface area (Å²) in [7, 11) is 4.65. The van der Waals surface area contributed by atoms with E-state index in [0.717, 1.165) is 5.56 Å². The highest BCUT2D eigenvalue weighted by Gasteiger charge is 2.27. The number of amides is 4. The standard InChI is InChI=1S/C26H34N4O6/c1-17(31)27-21(15-18-9-10-23(35-3)24(16-18)36-4)25(32)28-19-11-13-30(14-12-19)26(33)29-20-7-5-6-8-22(20)34-2/h5-10,16,19,21H,11-15H2,1-4H3,(H,27,31)(H,28,32)(H,29,33). The second-order valence-corrected chi connectivity index (χ2v) is 8.55. The zero-order valence-electron chi connectivity index (χ0n) is 21.1. The number of nitrogens with one attached hydrogen (secondary N) is 3. The number of hydrogen-bond acceptors (Lipinski definition) is 6. The summed E-state index contributed by atoms with van der Waals surface area (Å²) in [5.74, 6) is 1.17. The minimum absolute atomic E-state index is 0.102. The molecule has 36 heavy (non-hydrogen) atoms. The fourth-order valence-electron chi connectivity index (χ4n) is 4.17. The fraction of sp³-hybridized carbons (Fsp3) is 0.423. The van der Waals surface area contributed by atoms with Gasteiger partial charge in [0.15, 0.2) is 11.5 Å².